The number of hydrogen-bond donors (Lipinski definition) is 10. The second-order valence-corrected chi connectivity index (χ2v) is 22.7. The van der Waals surface area contributed by atoms with Gasteiger partial charge in [0.05, 0.1) is 32.0 Å². The highest BCUT2D eigenvalue weighted by molar-refractivity contribution is 5.77. The van der Waals surface area contributed by atoms with E-state index in [9.17, 15) is 55.9 Å². The maximum atomic E-state index is 13.1. The Labute approximate surface area is 369 Å². The van der Waals surface area contributed by atoms with Gasteiger partial charge in [0.15, 0.2) is 18.9 Å². The van der Waals surface area contributed by atoms with Gasteiger partial charge in [-0.3, -0.25) is 4.79 Å². The Bertz CT molecular complexity index is 1730. The lowest BCUT2D eigenvalue weighted by Gasteiger charge is -2.71. The SMILES string of the molecule is CC1(C)CC[C@]2(C(=O)O)[C@H](O)C[C@]3(C)C(=CC[C@H]4[C@@]5(C)CC[C@H](O[C@@H]6O[C@H](CO[C@@H]7OC[C@H](O)[C@H](O)[C@H]7O[C@@H]7OC[C@H](O)[C@H](O)[C@H]7O)[C@@H](O)[C@H](O)[C@H]6O)C(C)(C)[C@@H]5CC[C@]43C)[C@@H]2C1. The topological polar surface area (TPSA) is 275 Å². The zero-order valence-corrected chi connectivity index (χ0v) is 37.8. The third-order valence-electron chi connectivity index (χ3n) is 18.6. The van der Waals surface area contributed by atoms with E-state index in [-0.39, 0.29) is 47.2 Å². The zero-order valence-electron chi connectivity index (χ0n) is 37.8. The molecule has 3 heterocycles. The third kappa shape index (κ3) is 7.50. The molecule has 7 fully saturated rings. The Morgan fingerprint density at radius 2 is 1.35 bits per heavy atom. The van der Waals surface area contributed by atoms with E-state index in [0.29, 0.717) is 19.3 Å². The number of fused-ring (bicyclic) bond motifs is 7. The monoisotopic (exact) mass is 898 g/mol. The van der Waals surface area contributed by atoms with Crippen molar-refractivity contribution in [3.63, 3.8) is 0 Å². The minimum Gasteiger partial charge on any atom is -0.481 e. The van der Waals surface area contributed by atoms with E-state index in [2.05, 4.69) is 54.5 Å². The van der Waals surface area contributed by atoms with Gasteiger partial charge >= 0.3 is 5.97 Å². The van der Waals surface area contributed by atoms with Crippen LogP contribution in [0.2, 0.25) is 0 Å². The third-order valence-corrected chi connectivity index (χ3v) is 18.6. The summed E-state index contributed by atoms with van der Waals surface area (Å²) in [5, 5.41) is 108. The molecule has 5 aliphatic carbocycles. The van der Waals surface area contributed by atoms with Gasteiger partial charge in [0.1, 0.15) is 66.5 Å². The predicted molar refractivity (Wildman–Crippen MR) is 220 cm³/mol. The van der Waals surface area contributed by atoms with Crippen molar-refractivity contribution in [3.8, 4) is 0 Å². The van der Waals surface area contributed by atoms with Crippen molar-refractivity contribution < 1.29 is 84.3 Å². The van der Waals surface area contributed by atoms with E-state index in [0.717, 1.165) is 38.5 Å². The number of ether oxygens (including phenoxy) is 6. The van der Waals surface area contributed by atoms with Gasteiger partial charge in [-0.05, 0) is 103 Å². The molecule has 0 aromatic heterocycles. The van der Waals surface area contributed by atoms with Crippen molar-refractivity contribution in [3.05, 3.63) is 11.6 Å². The lowest BCUT2D eigenvalue weighted by atomic mass is 9.33. The molecule has 0 spiro atoms. The quantitative estimate of drug-likeness (QED) is 0.120. The van der Waals surface area contributed by atoms with E-state index in [1.54, 1.807) is 0 Å². The van der Waals surface area contributed by atoms with Crippen LogP contribution in [-0.2, 0) is 33.2 Å². The van der Waals surface area contributed by atoms with Crippen LogP contribution in [0.3, 0.4) is 0 Å². The van der Waals surface area contributed by atoms with Gasteiger partial charge in [0.2, 0.25) is 0 Å². The van der Waals surface area contributed by atoms with Crippen LogP contribution in [0.4, 0.5) is 0 Å². The summed E-state index contributed by atoms with van der Waals surface area (Å²) in [6, 6.07) is 0. The van der Waals surface area contributed by atoms with Gasteiger partial charge in [-0.1, -0.05) is 60.1 Å². The molecule has 3 saturated heterocycles. The first-order chi connectivity index (χ1) is 29.3. The minimum atomic E-state index is -1.70. The molecule has 22 atom stereocenters. The van der Waals surface area contributed by atoms with Crippen molar-refractivity contribution >= 4 is 5.97 Å². The zero-order chi connectivity index (χ0) is 46.0. The van der Waals surface area contributed by atoms with Crippen LogP contribution in [0.5, 0.6) is 0 Å². The van der Waals surface area contributed by atoms with Crippen LogP contribution in [0.15, 0.2) is 11.6 Å². The Balaban J connectivity index is 0.970. The molecule has 0 unspecified atom stereocenters. The Morgan fingerprint density at radius 1 is 0.698 bits per heavy atom. The predicted octanol–water partition coefficient (Wildman–Crippen LogP) is 0.955. The van der Waals surface area contributed by atoms with Gasteiger partial charge in [-0.25, -0.2) is 0 Å². The number of aliphatic carboxylic acids is 1. The molecular weight excluding hydrogens is 824 g/mol. The second-order valence-electron chi connectivity index (χ2n) is 22.7. The fourth-order valence-electron chi connectivity index (χ4n) is 14.6. The van der Waals surface area contributed by atoms with Crippen molar-refractivity contribution in [1.82, 2.24) is 0 Å². The number of carboxylic acids is 1. The van der Waals surface area contributed by atoms with Gasteiger partial charge in [0.25, 0.3) is 0 Å². The molecule has 0 bridgehead atoms. The highest BCUT2D eigenvalue weighted by atomic mass is 16.8. The maximum absolute atomic E-state index is 13.1. The first-order valence-electron chi connectivity index (χ1n) is 23.2. The van der Waals surface area contributed by atoms with Crippen molar-refractivity contribution in [2.24, 2.45) is 50.2 Å². The molecule has 360 valence electrons. The second kappa shape index (κ2) is 16.7. The van der Waals surface area contributed by atoms with Crippen LogP contribution in [0, 0.1) is 50.2 Å². The van der Waals surface area contributed by atoms with Crippen LogP contribution in [-0.4, -0.2) is 169 Å². The molecule has 0 radical (unpaired) electrons. The molecule has 0 aromatic rings. The number of carbonyl (C=O) groups is 1. The first-order valence-corrected chi connectivity index (χ1v) is 23.2. The molecule has 10 N–H and O–H groups in total. The van der Waals surface area contributed by atoms with E-state index in [1.807, 2.05) is 0 Å². The van der Waals surface area contributed by atoms with E-state index >= 15 is 0 Å². The normalized spacial score (nSPS) is 54.1. The number of aliphatic hydroxyl groups is 9. The Hall–Kier alpha value is -1.39. The summed E-state index contributed by atoms with van der Waals surface area (Å²) in [6.45, 7) is 14.7. The molecule has 8 aliphatic rings. The van der Waals surface area contributed by atoms with Crippen LogP contribution in [0.1, 0.15) is 106 Å². The maximum Gasteiger partial charge on any atom is 0.312 e. The molecule has 17 nitrogen and oxygen atoms in total. The molecule has 0 aromatic carbocycles. The number of aliphatic hydroxyl groups excluding tert-OH is 9. The number of carboxylic acid groups (broad SMARTS) is 1. The average molecular weight is 899 g/mol. The summed E-state index contributed by atoms with van der Waals surface area (Å²) in [7, 11) is 0. The van der Waals surface area contributed by atoms with Gasteiger partial charge < -0.3 is 79.5 Å². The van der Waals surface area contributed by atoms with Crippen molar-refractivity contribution in [1.29, 1.82) is 0 Å². The van der Waals surface area contributed by atoms with Crippen molar-refractivity contribution in [2.75, 3.05) is 19.8 Å². The lowest BCUT2D eigenvalue weighted by Crippen LogP contribution is -2.68. The van der Waals surface area contributed by atoms with Crippen LogP contribution in [0.25, 0.3) is 0 Å². The molecule has 8 rings (SSSR count). The summed E-state index contributed by atoms with van der Waals surface area (Å²) >= 11 is 0. The lowest BCUT2D eigenvalue weighted by molar-refractivity contribution is -0.357. The standard InChI is InChI=1S/C46H74O17/c1-41(2)14-15-46(40(56)57)22(16-41)21-8-9-27-43(5)12-11-29(42(3,4)26(43)10-13-44(27,6)45(21,7)17-28(46)49)62-38-35(55)33(53)32(52)25(61-38)20-60-39-36(31(51)24(48)19-59-39)63-37-34(54)30(50)23(47)18-58-37/h8,22-39,47-55H,9-20H2,1-7H3,(H,56,57)/t22-,23-,24-,25+,26-,27-,28+,29-,30-,31-,32+,33-,34+,35+,36+,37-,38-,39-,43-,44+,45+,46+/m0/s1. The summed E-state index contributed by atoms with van der Waals surface area (Å²) in [6.07, 6.45) is -12.3. The van der Waals surface area contributed by atoms with Crippen LogP contribution >= 0.6 is 0 Å². The molecule has 3 aliphatic heterocycles. The fourth-order valence-corrected chi connectivity index (χ4v) is 14.6. The molecule has 4 saturated carbocycles. The average Bonchev–Trinajstić information content (AvgIpc) is 3.20. The number of allylic oxidation sites excluding steroid dienone is 2. The van der Waals surface area contributed by atoms with E-state index < -0.39 is 121 Å². The summed E-state index contributed by atoms with van der Waals surface area (Å²) in [4.78, 5) is 13.1. The molecule has 63 heavy (non-hydrogen) atoms. The summed E-state index contributed by atoms with van der Waals surface area (Å²) in [5.74, 6) is -0.701. The fraction of sp³-hybridized carbons (Fsp3) is 0.935. The van der Waals surface area contributed by atoms with Gasteiger partial charge in [0, 0.05) is 0 Å². The smallest absolute Gasteiger partial charge is 0.312 e. The molecule has 0 amide bonds. The van der Waals surface area contributed by atoms with E-state index in [1.165, 1.54) is 5.57 Å². The summed E-state index contributed by atoms with van der Waals surface area (Å²) in [5.41, 5.74) is -1.18. The highest BCUT2D eigenvalue weighted by Gasteiger charge is 2.71. The Kier molecular flexibility index (Phi) is 12.7. The molecule has 17 heteroatoms. The van der Waals surface area contributed by atoms with Gasteiger partial charge in [-0.15, -0.1) is 0 Å². The van der Waals surface area contributed by atoms with Gasteiger partial charge in [-0.2, -0.15) is 0 Å². The van der Waals surface area contributed by atoms with Crippen molar-refractivity contribution in [2.45, 2.75) is 198 Å². The summed E-state index contributed by atoms with van der Waals surface area (Å²) < 4.78 is 35.4. The first kappa shape index (κ1) is 48.1. The largest absolute Gasteiger partial charge is 0.481 e. The number of hydrogen-bond acceptors (Lipinski definition) is 16. The molecular formula is C46H74O17. The number of rotatable bonds is 8. The minimum absolute atomic E-state index is 0.0349. The van der Waals surface area contributed by atoms with Crippen LogP contribution < -0.4 is 0 Å². The highest BCUT2D eigenvalue weighted by Crippen LogP contribution is 2.76. The van der Waals surface area contributed by atoms with E-state index in [4.69, 9.17) is 28.4 Å². The Morgan fingerprint density at radius 3 is 2.03 bits per heavy atom.